The van der Waals surface area contributed by atoms with Crippen LogP contribution in [0.4, 0.5) is 0 Å². The van der Waals surface area contributed by atoms with E-state index in [2.05, 4.69) is 15.6 Å². The molecule has 2 N–H and O–H groups in total. The van der Waals surface area contributed by atoms with Gasteiger partial charge in [0.15, 0.2) is 0 Å². The Labute approximate surface area is 123 Å². The molecule has 108 valence electrons. The predicted octanol–water partition coefficient (Wildman–Crippen LogP) is 1.44. The first kappa shape index (κ1) is 14.7. The fraction of sp³-hybridized carbons (Fsp3) is 0.188. The van der Waals surface area contributed by atoms with Gasteiger partial charge in [-0.25, -0.2) is 0 Å². The van der Waals surface area contributed by atoms with E-state index >= 15 is 0 Å². The van der Waals surface area contributed by atoms with Crippen LogP contribution >= 0.6 is 0 Å². The van der Waals surface area contributed by atoms with Crippen LogP contribution in [-0.4, -0.2) is 23.3 Å². The van der Waals surface area contributed by atoms with Gasteiger partial charge in [-0.05, 0) is 31.2 Å². The second kappa shape index (κ2) is 7.19. The SMILES string of the molecule is Cc1ccc(C(=O)NCC(=O)NCc2ccccn2)cc1. The topological polar surface area (TPSA) is 71.1 Å². The van der Waals surface area contributed by atoms with Crippen molar-refractivity contribution in [1.82, 2.24) is 15.6 Å². The zero-order valence-corrected chi connectivity index (χ0v) is 11.8. The van der Waals surface area contributed by atoms with Crippen molar-refractivity contribution < 1.29 is 9.59 Å². The first-order valence-electron chi connectivity index (χ1n) is 6.66. The van der Waals surface area contributed by atoms with Crippen molar-refractivity contribution in [2.24, 2.45) is 0 Å². The molecule has 0 aliphatic rings. The van der Waals surface area contributed by atoms with Crippen molar-refractivity contribution in [2.45, 2.75) is 13.5 Å². The lowest BCUT2D eigenvalue weighted by atomic mass is 10.1. The van der Waals surface area contributed by atoms with Crippen molar-refractivity contribution in [3.8, 4) is 0 Å². The molecular weight excluding hydrogens is 266 g/mol. The van der Waals surface area contributed by atoms with Gasteiger partial charge in [0.05, 0.1) is 18.8 Å². The van der Waals surface area contributed by atoms with Crippen LogP contribution < -0.4 is 10.6 Å². The Morgan fingerprint density at radius 3 is 2.48 bits per heavy atom. The Hall–Kier alpha value is -2.69. The van der Waals surface area contributed by atoms with Crippen LogP contribution in [-0.2, 0) is 11.3 Å². The second-order valence-corrected chi connectivity index (χ2v) is 4.65. The standard InChI is InChI=1S/C16H17N3O2/c1-12-5-7-13(8-6-12)16(21)19-11-15(20)18-10-14-4-2-3-9-17-14/h2-9H,10-11H2,1H3,(H,18,20)(H,19,21). The average Bonchev–Trinajstić information content (AvgIpc) is 2.52. The van der Waals surface area contributed by atoms with E-state index in [0.717, 1.165) is 11.3 Å². The molecule has 0 unspecified atom stereocenters. The van der Waals surface area contributed by atoms with Gasteiger partial charge in [0, 0.05) is 11.8 Å². The third-order valence-electron chi connectivity index (χ3n) is 2.92. The minimum Gasteiger partial charge on any atom is -0.349 e. The summed E-state index contributed by atoms with van der Waals surface area (Å²) in [7, 11) is 0. The molecule has 0 aliphatic heterocycles. The van der Waals surface area contributed by atoms with Crippen LogP contribution in [0.3, 0.4) is 0 Å². The quantitative estimate of drug-likeness (QED) is 0.872. The van der Waals surface area contributed by atoms with Gasteiger partial charge >= 0.3 is 0 Å². The highest BCUT2D eigenvalue weighted by atomic mass is 16.2. The van der Waals surface area contributed by atoms with E-state index < -0.39 is 0 Å². The summed E-state index contributed by atoms with van der Waals surface area (Å²) in [6, 6.07) is 12.7. The number of aromatic nitrogens is 1. The van der Waals surface area contributed by atoms with E-state index in [4.69, 9.17) is 0 Å². The average molecular weight is 283 g/mol. The lowest BCUT2D eigenvalue weighted by molar-refractivity contribution is -0.120. The number of rotatable bonds is 5. The molecule has 0 atom stereocenters. The van der Waals surface area contributed by atoms with Crippen LogP contribution in [0.25, 0.3) is 0 Å². The van der Waals surface area contributed by atoms with E-state index in [1.807, 2.05) is 37.3 Å². The molecule has 2 amide bonds. The zero-order chi connectivity index (χ0) is 15.1. The Kier molecular flexibility index (Phi) is 5.04. The lowest BCUT2D eigenvalue weighted by Gasteiger charge is -2.07. The summed E-state index contributed by atoms with van der Waals surface area (Å²) in [5.41, 5.74) is 2.40. The molecule has 1 aromatic heterocycles. The molecule has 1 heterocycles. The highest BCUT2D eigenvalue weighted by Gasteiger charge is 2.07. The lowest BCUT2D eigenvalue weighted by Crippen LogP contribution is -2.36. The van der Waals surface area contributed by atoms with Gasteiger partial charge in [-0.2, -0.15) is 0 Å². The van der Waals surface area contributed by atoms with Crippen LogP contribution in [0.1, 0.15) is 21.6 Å². The molecule has 0 spiro atoms. The van der Waals surface area contributed by atoms with Crippen molar-refractivity contribution in [2.75, 3.05) is 6.54 Å². The summed E-state index contributed by atoms with van der Waals surface area (Å²) in [5, 5.41) is 5.28. The number of nitrogens with zero attached hydrogens (tertiary/aromatic N) is 1. The molecule has 0 radical (unpaired) electrons. The van der Waals surface area contributed by atoms with Gasteiger partial charge in [-0.15, -0.1) is 0 Å². The third kappa shape index (κ3) is 4.72. The fourth-order valence-electron chi connectivity index (χ4n) is 1.72. The molecule has 0 aliphatic carbocycles. The molecule has 5 nitrogen and oxygen atoms in total. The highest BCUT2D eigenvalue weighted by molar-refractivity contribution is 5.96. The normalized spacial score (nSPS) is 9.95. The summed E-state index contributed by atoms with van der Waals surface area (Å²) in [4.78, 5) is 27.6. The fourth-order valence-corrected chi connectivity index (χ4v) is 1.72. The number of nitrogens with one attached hydrogen (secondary N) is 2. The molecule has 0 bridgehead atoms. The highest BCUT2D eigenvalue weighted by Crippen LogP contribution is 2.02. The van der Waals surface area contributed by atoms with Gasteiger partial charge in [-0.3, -0.25) is 14.6 Å². The molecule has 2 rings (SSSR count). The predicted molar refractivity (Wildman–Crippen MR) is 79.6 cm³/mol. The number of aryl methyl sites for hydroxylation is 1. The van der Waals surface area contributed by atoms with Crippen molar-refractivity contribution in [3.63, 3.8) is 0 Å². The number of carbonyl (C=O) groups excluding carboxylic acids is 2. The van der Waals surface area contributed by atoms with Crippen LogP contribution in [0.15, 0.2) is 48.7 Å². The minimum absolute atomic E-state index is 0.0560. The maximum atomic E-state index is 11.8. The number of amides is 2. The van der Waals surface area contributed by atoms with Crippen molar-refractivity contribution in [3.05, 3.63) is 65.5 Å². The maximum absolute atomic E-state index is 11.8. The molecule has 0 saturated carbocycles. The van der Waals surface area contributed by atoms with Crippen LogP contribution in [0.5, 0.6) is 0 Å². The van der Waals surface area contributed by atoms with Gasteiger partial charge in [0.1, 0.15) is 0 Å². The van der Waals surface area contributed by atoms with Gasteiger partial charge in [0.25, 0.3) is 5.91 Å². The smallest absolute Gasteiger partial charge is 0.251 e. The van der Waals surface area contributed by atoms with E-state index in [1.165, 1.54) is 0 Å². The molecule has 0 fully saturated rings. The molecule has 21 heavy (non-hydrogen) atoms. The monoisotopic (exact) mass is 283 g/mol. The number of carbonyl (C=O) groups is 2. The van der Waals surface area contributed by atoms with E-state index in [0.29, 0.717) is 12.1 Å². The molecular formula is C16H17N3O2. The van der Waals surface area contributed by atoms with Crippen molar-refractivity contribution in [1.29, 1.82) is 0 Å². The summed E-state index contributed by atoms with van der Waals surface area (Å²) in [6.45, 7) is 2.24. The molecule has 0 saturated heterocycles. The Morgan fingerprint density at radius 2 is 1.81 bits per heavy atom. The van der Waals surface area contributed by atoms with E-state index in [-0.39, 0.29) is 18.4 Å². The summed E-state index contributed by atoms with van der Waals surface area (Å²) in [5.74, 6) is -0.510. The Morgan fingerprint density at radius 1 is 1.05 bits per heavy atom. The molecule has 2 aromatic rings. The zero-order valence-electron chi connectivity index (χ0n) is 11.8. The Balaban J connectivity index is 1.76. The summed E-state index contributed by atoms with van der Waals surface area (Å²) >= 11 is 0. The third-order valence-corrected chi connectivity index (χ3v) is 2.92. The number of benzene rings is 1. The van der Waals surface area contributed by atoms with Crippen LogP contribution in [0.2, 0.25) is 0 Å². The minimum atomic E-state index is -0.261. The van der Waals surface area contributed by atoms with Crippen LogP contribution in [0, 0.1) is 6.92 Å². The molecule has 5 heteroatoms. The Bertz CT molecular complexity index is 609. The second-order valence-electron chi connectivity index (χ2n) is 4.65. The van der Waals surface area contributed by atoms with E-state index in [1.54, 1.807) is 18.3 Å². The van der Waals surface area contributed by atoms with Gasteiger partial charge in [-0.1, -0.05) is 23.8 Å². The number of hydrogen-bond acceptors (Lipinski definition) is 3. The number of pyridine rings is 1. The van der Waals surface area contributed by atoms with E-state index in [9.17, 15) is 9.59 Å². The number of hydrogen-bond donors (Lipinski definition) is 2. The van der Waals surface area contributed by atoms with Crippen molar-refractivity contribution >= 4 is 11.8 Å². The first-order valence-corrected chi connectivity index (χ1v) is 6.66. The van der Waals surface area contributed by atoms with Gasteiger partial charge in [0.2, 0.25) is 5.91 Å². The maximum Gasteiger partial charge on any atom is 0.251 e. The molecule has 1 aromatic carbocycles. The first-order chi connectivity index (χ1) is 10.1. The largest absolute Gasteiger partial charge is 0.349 e. The summed E-state index contributed by atoms with van der Waals surface area (Å²) in [6.07, 6.45) is 1.67. The summed E-state index contributed by atoms with van der Waals surface area (Å²) < 4.78 is 0. The van der Waals surface area contributed by atoms with Gasteiger partial charge < -0.3 is 10.6 Å².